The number of hydrogen-bond acceptors (Lipinski definition) is 28. The first kappa shape index (κ1) is 118. The maximum Gasteiger partial charge on any atom is 0.408 e. The van der Waals surface area contributed by atoms with Crippen molar-refractivity contribution in [2.24, 2.45) is 70.3 Å². The summed E-state index contributed by atoms with van der Waals surface area (Å²) in [6.07, 6.45) is -3.01. The van der Waals surface area contributed by atoms with Crippen molar-refractivity contribution in [3.63, 3.8) is 0 Å². The number of nitriles is 1. The highest BCUT2D eigenvalue weighted by Gasteiger charge is 2.32. The number of carbonyl (C=O) groups excluding carboxylic acids is 8. The second-order valence-electron chi connectivity index (χ2n) is 33.7. The average Bonchev–Trinajstić information content (AvgIpc) is 0.885. The third kappa shape index (κ3) is 81.0. The number of ether oxygens (including phenoxy) is 7. The molecule has 0 saturated carbocycles. The van der Waals surface area contributed by atoms with E-state index >= 15 is 0 Å². The van der Waals surface area contributed by atoms with Gasteiger partial charge in [-0.25, -0.2) is 38.4 Å². The number of aldehydes is 1. The van der Waals surface area contributed by atoms with Gasteiger partial charge in [-0.1, -0.05) is 111 Å². The van der Waals surface area contributed by atoms with Gasteiger partial charge < -0.3 is 123 Å². The van der Waals surface area contributed by atoms with Gasteiger partial charge in [0, 0.05) is 24.2 Å². The maximum atomic E-state index is 11.7. The van der Waals surface area contributed by atoms with E-state index in [1.54, 1.807) is 68.4 Å². The van der Waals surface area contributed by atoms with E-state index in [-0.39, 0.29) is 37.1 Å². The Kier molecular flexibility index (Phi) is 68.7. The number of aliphatic carboxylic acids is 1. The molecule has 33 nitrogen and oxygen atoms in total. The lowest BCUT2D eigenvalue weighted by Gasteiger charge is -2.26. The lowest BCUT2D eigenvalue weighted by atomic mass is 9.99. The third-order valence-corrected chi connectivity index (χ3v) is 13.1. The molecule has 0 rings (SSSR count). The number of methoxy groups -OCH3 is 3. The fraction of sp³-hybridized carbons (Fsp3) is 0.868. The minimum Gasteiger partial charge on any atom is -0.479 e. The summed E-state index contributed by atoms with van der Waals surface area (Å²) in [5.41, 5.74) is 19.6. The molecule has 109 heavy (non-hydrogen) atoms. The lowest BCUT2D eigenvalue weighted by Crippen LogP contribution is -2.49. The van der Waals surface area contributed by atoms with Crippen molar-refractivity contribution < 1.29 is 117 Å². The van der Waals surface area contributed by atoms with E-state index in [0.717, 1.165) is 19.1 Å². The second kappa shape index (κ2) is 63.2. The van der Waals surface area contributed by atoms with Crippen molar-refractivity contribution in [1.29, 1.82) is 5.26 Å². The van der Waals surface area contributed by atoms with E-state index in [2.05, 4.69) is 49.3 Å². The quantitative estimate of drug-likeness (QED) is 0.0136. The molecule has 648 valence electrons. The van der Waals surface area contributed by atoms with Crippen molar-refractivity contribution in [1.82, 2.24) is 21.3 Å². The van der Waals surface area contributed by atoms with E-state index in [1.165, 1.54) is 21.3 Å². The zero-order valence-electron chi connectivity index (χ0n) is 72.1. The zero-order chi connectivity index (χ0) is 88.0. The molecule has 20 N–H and O–H groups in total. The van der Waals surface area contributed by atoms with Gasteiger partial charge in [0.2, 0.25) is 0 Å². The predicted molar refractivity (Wildman–Crippen MR) is 420 cm³/mol. The molecule has 33 heteroatoms. The molecule has 0 aliphatic heterocycles. The highest BCUT2D eigenvalue weighted by atomic mass is 16.6. The van der Waals surface area contributed by atoms with Crippen LogP contribution in [0.2, 0.25) is 0 Å². The molecular weight excluding hydrogens is 1420 g/mol. The zero-order valence-corrected chi connectivity index (χ0v) is 72.1. The van der Waals surface area contributed by atoms with Gasteiger partial charge in [-0.15, -0.1) is 0 Å². The Hall–Kier alpha value is -6.32. The van der Waals surface area contributed by atoms with Gasteiger partial charge >= 0.3 is 48.3 Å². The summed E-state index contributed by atoms with van der Waals surface area (Å²) in [6, 6.07) is -2.03. The van der Waals surface area contributed by atoms with E-state index in [0.29, 0.717) is 74.0 Å². The second-order valence-corrected chi connectivity index (χ2v) is 33.7. The Morgan fingerprint density at radius 3 is 0.890 bits per heavy atom. The number of rotatable bonds is 32. The van der Waals surface area contributed by atoms with Crippen LogP contribution in [0.1, 0.15) is 245 Å². The predicted octanol–water partition coefficient (Wildman–Crippen LogP) is 7.26. The Morgan fingerprint density at radius 2 is 0.651 bits per heavy atom. The number of hydrogen-bond donors (Lipinski definition) is 16. The lowest BCUT2D eigenvalue weighted by molar-refractivity contribution is -0.152. The molecule has 0 spiro atoms. The molecule has 0 heterocycles. The number of aliphatic hydroxyl groups excluding tert-OH is 7. The molecule has 0 aromatic rings. The number of carboxylic acid groups (broad SMARTS) is 1. The number of nitrogens with two attached hydrogens (primary N) is 4. The van der Waals surface area contributed by atoms with Crippen LogP contribution in [0.5, 0.6) is 0 Å². The Labute approximate surface area is 653 Å². The fourth-order valence-corrected chi connectivity index (χ4v) is 8.65. The summed E-state index contributed by atoms with van der Waals surface area (Å²) >= 11 is 0. The van der Waals surface area contributed by atoms with E-state index in [1.807, 2.05) is 118 Å². The molecular formula is C76H155N9O24. The summed E-state index contributed by atoms with van der Waals surface area (Å²) in [5.74, 6) is -0.495. The van der Waals surface area contributed by atoms with Gasteiger partial charge in [0.1, 0.15) is 28.7 Å². The smallest absolute Gasteiger partial charge is 0.408 e. The normalized spacial score (nSPS) is 14.9. The Bertz CT molecular complexity index is 2420. The molecule has 0 bridgehead atoms. The number of esters is 3. The van der Waals surface area contributed by atoms with Crippen LogP contribution in [0.3, 0.4) is 0 Å². The molecule has 0 aromatic heterocycles. The highest BCUT2D eigenvalue weighted by molar-refractivity contribution is 5.77. The molecule has 5 unspecified atom stereocenters. The van der Waals surface area contributed by atoms with Crippen LogP contribution in [0.25, 0.3) is 0 Å². The van der Waals surface area contributed by atoms with Gasteiger partial charge in [-0.2, -0.15) is 5.26 Å². The van der Waals surface area contributed by atoms with Crippen molar-refractivity contribution in [3.8, 4) is 6.07 Å². The molecule has 13 atom stereocenters. The fourth-order valence-electron chi connectivity index (χ4n) is 8.65. The van der Waals surface area contributed by atoms with E-state index in [9.17, 15) is 63.6 Å². The summed E-state index contributed by atoms with van der Waals surface area (Å²) in [4.78, 5) is 99.6. The Morgan fingerprint density at radius 1 is 0.385 bits per heavy atom. The maximum absolute atomic E-state index is 11.7. The number of carbonyl (C=O) groups is 9. The SMILES string of the molecule is CC(C)C[C@@H](C=O)NC(=O)OC(C)(C)C.CC(C)C[C@@H](CO)NC(=O)OC(C)(C)C.CC(C)C[C@H](N)C(O)C(=O)O.CC(C)C[C@H](N)CO.CC(C)C[C@H](NC(=O)OC(C)(C)C)C(O)C#N.COC(=O)C(O)[C@@H](N)CC(C)C.COC(=O)C(O)[C@@H](N)CC(C)C.COC(=O)C(O)[C@H](CC(C)C)NC(=O)OC(C)(C)C. The topological polar surface area (TPSA) is 556 Å². The third-order valence-electron chi connectivity index (χ3n) is 13.1. The summed E-state index contributed by atoms with van der Waals surface area (Å²) in [5, 5.41) is 91.4. The summed E-state index contributed by atoms with van der Waals surface area (Å²) in [7, 11) is 3.65. The molecule has 4 amide bonds. The Balaban J connectivity index is -0.000000180. The van der Waals surface area contributed by atoms with Gasteiger partial charge in [0.05, 0.1) is 64.8 Å². The largest absolute Gasteiger partial charge is 0.479 e. The van der Waals surface area contributed by atoms with Crippen LogP contribution in [-0.2, 0) is 57.1 Å². The minimum absolute atomic E-state index is 0.0185. The van der Waals surface area contributed by atoms with Crippen LogP contribution in [0.15, 0.2) is 0 Å². The average molecular weight is 1580 g/mol. The molecule has 0 aliphatic rings. The first-order chi connectivity index (χ1) is 49.3. The van der Waals surface area contributed by atoms with Crippen LogP contribution in [-0.4, -0.2) is 231 Å². The number of alkyl carbamates (subject to hydrolysis) is 4. The number of nitrogens with zero attached hydrogens (tertiary/aromatic N) is 1. The number of aliphatic hydroxyl groups is 7. The first-order valence-electron chi connectivity index (χ1n) is 37.2. The standard InChI is InChI=1S/C13H25NO5.C12H22N2O3.C11H23NO3.C11H21NO3.2C8H17NO3.C7H15NO3.C6H15NO/c1-8(2)7-9(10(15)11(16)18-6)14-12(17)19-13(3,4)5;1-8(2)6-9(10(15)7-13)14-11(16)17-12(3,4)5;2*1-8(2)6-9(7-13)12-10(14)15-11(3,4)5;2*1-5(2)4-6(9)7(10)8(11)12-3;1-4(2)3-5(8)6(9)7(10)11;1-5(2)3-6(7)4-8/h8-10,15H,7H2,1-6H3,(H,14,17);8-10,15H,6H2,1-5H3,(H,14,16);8-9,13H,6-7H2,1-5H3,(H,12,14);7-9H,6H2,1-5H3,(H,12,14);2*5-7,10H,4,9H2,1-3H3;4-6,9H,3,8H2,1-2H3,(H,10,11);5-6,8H,3-4,7H2,1-2H3/t2*9-,10?;2*9-;2*6-,7?;5-,6?;6-/m00000000/s1. The monoisotopic (exact) mass is 1580 g/mol. The van der Waals surface area contributed by atoms with Gasteiger partial charge in [-0.05, 0) is 182 Å². The van der Waals surface area contributed by atoms with E-state index in [4.69, 9.17) is 67.6 Å². The summed E-state index contributed by atoms with van der Waals surface area (Å²) < 4.78 is 33.5. The molecule has 0 radical (unpaired) electrons. The van der Waals surface area contributed by atoms with E-state index < -0.39 is 137 Å². The molecule has 0 aliphatic carbocycles. The minimum atomic E-state index is -1.43. The van der Waals surface area contributed by atoms with Crippen LogP contribution >= 0.6 is 0 Å². The van der Waals surface area contributed by atoms with Crippen molar-refractivity contribution in [3.05, 3.63) is 0 Å². The van der Waals surface area contributed by atoms with Crippen LogP contribution < -0.4 is 44.2 Å². The van der Waals surface area contributed by atoms with Gasteiger partial charge in [-0.3, -0.25) is 0 Å². The van der Waals surface area contributed by atoms with Crippen LogP contribution in [0, 0.1) is 58.7 Å². The van der Waals surface area contributed by atoms with Crippen LogP contribution in [0.4, 0.5) is 19.2 Å². The van der Waals surface area contributed by atoms with Crippen molar-refractivity contribution in [2.75, 3.05) is 34.5 Å². The van der Waals surface area contributed by atoms with Crippen molar-refractivity contribution in [2.45, 2.75) is 346 Å². The van der Waals surface area contributed by atoms with Crippen molar-refractivity contribution >= 4 is 54.5 Å². The number of amides is 4. The molecule has 0 aromatic carbocycles. The highest BCUT2D eigenvalue weighted by Crippen LogP contribution is 2.17. The number of nitrogens with one attached hydrogen (secondary N) is 4. The van der Waals surface area contributed by atoms with Gasteiger partial charge in [0.15, 0.2) is 30.5 Å². The molecule has 0 saturated heterocycles. The number of carboxylic acids is 1. The van der Waals surface area contributed by atoms with Gasteiger partial charge in [0.25, 0.3) is 0 Å². The first-order valence-corrected chi connectivity index (χ1v) is 37.2. The molecule has 0 fully saturated rings. The summed E-state index contributed by atoms with van der Waals surface area (Å²) in [6.45, 7) is 53.1.